The van der Waals surface area contributed by atoms with Gasteiger partial charge in [-0.1, -0.05) is 54.1 Å². The molecule has 4 aromatic rings. The Kier molecular flexibility index (Phi) is 7.01. The van der Waals surface area contributed by atoms with Gasteiger partial charge in [0.2, 0.25) is 5.91 Å². The molecular formula is C28H26Cl2N2O2S. The summed E-state index contributed by atoms with van der Waals surface area (Å²) in [6.07, 6.45) is 2.32. The van der Waals surface area contributed by atoms with E-state index in [-0.39, 0.29) is 23.7 Å². The largest absolute Gasteiger partial charge is 0.497 e. The van der Waals surface area contributed by atoms with Crippen LogP contribution < -0.4 is 10.1 Å². The summed E-state index contributed by atoms with van der Waals surface area (Å²) in [6.45, 7) is 2.03. The van der Waals surface area contributed by atoms with Crippen molar-refractivity contribution in [3.63, 3.8) is 0 Å². The molecule has 0 saturated carbocycles. The van der Waals surface area contributed by atoms with Gasteiger partial charge < -0.3 is 10.1 Å². The number of carbonyl (C=O) groups is 1. The molecule has 35 heavy (non-hydrogen) atoms. The van der Waals surface area contributed by atoms with Gasteiger partial charge in [-0.15, -0.1) is 22.9 Å². The van der Waals surface area contributed by atoms with Crippen molar-refractivity contribution in [1.29, 1.82) is 0 Å². The van der Waals surface area contributed by atoms with Crippen molar-refractivity contribution in [3.8, 4) is 16.9 Å². The number of aromatic nitrogens is 1. The van der Waals surface area contributed by atoms with Crippen molar-refractivity contribution >= 4 is 50.7 Å². The van der Waals surface area contributed by atoms with Crippen LogP contribution in [0.4, 0.5) is 0 Å². The molecule has 4 nitrogen and oxygen atoms in total. The molecule has 0 unspecified atom stereocenters. The second kappa shape index (κ2) is 10.2. The Hall–Kier alpha value is -2.60. The van der Waals surface area contributed by atoms with Gasteiger partial charge in [0.05, 0.1) is 29.7 Å². The topological polar surface area (TPSA) is 51.2 Å². The number of halogens is 2. The van der Waals surface area contributed by atoms with Crippen molar-refractivity contribution in [3.05, 3.63) is 81.3 Å². The molecule has 5 rings (SSSR count). The average Bonchev–Trinajstić information content (AvgIpc) is 3.26. The first-order valence-electron chi connectivity index (χ1n) is 11.7. The zero-order valence-electron chi connectivity index (χ0n) is 19.6. The van der Waals surface area contributed by atoms with Crippen LogP contribution in [0.25, 0.3) is 21.3 Å². The van der Waals surface area contributed by atoms with E-state index in [0.717, 1.165) is 45.5 Å². The molecule has 1 amide bonds. The zero-order valence-corrected chi connectivity index (χ0v) is 21.9. The van der Waals surface area contributed by atoms with E-state index in [1.54, 1.807) is 18.4 Å². The maximum Gasteiger partial charge on any atom is 0.223 e. The van der Waals surface area contributed by atoms with E-state index in [4.69, 9.17) is 32.9 Å². The number of rotatable bonds is 6. The van der Waals surface area contributed by atoms with Gasteiger partial charge in [-0.25, -0.2) is 4.98 Å². The molecule has 180 valence electrons. The molecule has 2 atom stereocenters. The number of fused-ring (bicyclic) bond motifs is 3. The second-order valence-corrected chi connectivity index (χ2v) is 10.6. The van der Waals surface area contributed by atoms with Crippen LogP contribution in [-0.2, 0) is 23.5 Å². The lowest BCUT2D eigenvalue weighted by Gasteiger charge is -2.24. The van der Waals surface area contributed by atoms with Crippen LogP contribution in [0.3, 0.4) is 0 Å². The number of nitrogens with one attached hydrogen (secondary N) is 1. The Morgan fingerprint density at radius 2 is 1.94 bits per heavy atom. The number of methoxy groups -OCH3 is 1. The zero-order chi connectivity index (χ0) is 24.5. The third kappa shape index (κ3) is 4.65. The monoisotopic (exact) mass is 524 g/mol. The molecule has 0 fully saturated rings. The summed E-state index contributed by atoms with van der Waals surface area (Å²) in [5.74, 6) is 1.07. The summed E-state index contributed by atoms with van der Waals surface area (Å²) in [5.41, 5.74) is 5.01. The summed E-state index contributed by atoms with van der Waals surface area (Å²) in [7, 11) is 1.65. The Morgan fingerprint density at radius 3 is 2.63 bits per heavy atom. The summed E-state index contributed by atoms with van der Waals surface area (Å²) in [6, 6.07) is 17.9. The average molecular weight is 526 g/mol. The number of amides is 1. The summed E-state index contributed by atoms with van der Waals surface area (Å²) >= 11 is 14.7. The van der Waals surface area contributed by atoms with E-state index in [1.165, 1.54) is 10.4 Å². The highest BCUT2D eigenvalue weighted by molar-refractivity contribution is 7.19. The number of ether oxygens (including phenoxy) is 1. The lowest BCUT2D eigenvalue weighted by atomic mass is 9.85. The minimum absolute atomic E-state index is 0.0269. The SMILES string of the molecule is COc1ccc(-c2c(Cl)c(CCl)nc3sc4c(c23)CC[C@H](C(=O)N[C@H](C)c2ccccc2)C4)cc1. The van der Waals surface area contributed by atoms with E-state index in [2.05, 4.69) is 5.32 Å². The van der Waals surface area contributed by atoms with E-state index < -0.39 is 0 Å². The number of benzene rings is 2. The fraction of sp³-hybridized carbons (Fsp3) is 0.286. The third-order valence-corrected chi connectivity index (χ3v) is 8.55. The summed E-state index contributed by atoms with van der Waals surface area (Å²) < 4.78 is 5.33. The predicted molar refractivity (Wildman–Crippen MR) is 145 cm³/mol. The van der Waals surface area contributed by atoms with Crippen molar-refractivity contribution in [2.75, 3.05) is 7.11 Å². The number of alkyl halides is 1. The highest BCUT2D eigenvalue weighted by Gasteiger charge is 2.30. The normalized spacial score (nSPS) is 16.1. The van der Waals surface area contributed by atoms with Crippen molar-refractivity contribution in [1.82, 2.24) is 10.3 Å². The number of hydrogen-bond acceptors (Lipinski definition) is 4. The van der Waals surface area contributed by atoms with Crippen molar-refractivity contribution in [2.45, 2.75) is 38.1 Å². The first-order valence-corrected chi connectivity index (χ1v) is 13.4. The minimum Gasteiger partial charge on any atom is -0.497 e. The van der Waals surface area contributed by atoms with Gasteiger partial charge in [0.25, 0.3) is 0 Å². The third-order valence-electron chi connectivity index (χ3n) is 6.74. The van der Waals surface area contributed by atoms with E-state index in [9.17, 15) is 4.79 Å². The molecule has 1 aliphatic rings. The van der Waals surface area contributed by atoms with Crippen LogP contribution >= 0.6 is 34.5 Å². The van der Waals surface area contributed by atoms with Gasteiger partial charge in [-0.3, -0.25) is 4.79 Å². The number of nitrogens with zero attached hydrogens (tertiary/aromatic N) is 1. The van der Waals surface area contributed by atoms with E-state index in [1.807, 2.05) is 61.5 Å². The van der Waals surface area contributed by atoms with Gasteiger partial charge in [0.15, 0.2) is 0 Å². The lowest BCUT2D eigenvalue weighted by Crippen LogP contribution is -2.35. The highest BCUT2D eigenvalue weighted by atomic mass is 35.5. The number of carbonyl (C=O) groups excluding carboxylic acids is 1. The first-order chi connectivity index (χ1) is 17.0. The Bertz CT molecular complexity index is 1370. The molecular weight excluding hydrogens is 499 g/mol. The van der Waals surface area contributed by atoms with E-state index in [0.29, 0.717) is 17.1 Å². The molecule has 1 N–H and O–H groups in total. The summed E-state index contributed by atoms with van der Waals surface area (Å²) in [5, 5.41) is 4.89. The maximum absolute atomic E-state index is 13.1. The second-order valence-electron chi connectivity index (χ2n) is 8.87. The molecule has 2 aromatic heterocycles. The molecule has 0 aliphatic heterocycles. The van der Waals surface area contributed by atoms with Gasteiger partial charge >= 0.3 is 0 Å². The quantitative estimate of drug-likeness (QED) is 0.268. The Balaban J connectivity index is 1.48. The van der Waals surface area contributed by atoms with Crippen LogP contribution in [0.5, 0.6) is 5.75 Å². The predicted octanol–water partition coefficient (Wildman–Crippen LogP) is 7.35. The minimum atomic E-state index is -0.0610. The molecule has 2 aromatic carbocycles. The number of aryl methyl sites for hydroxylation is 1. The van der Waals surface area contributed by atoms with Crippen LogP contribution in [-0.4, -0.2) is 18.0 Å². The fourth-order valence-electron chi connectivity index (χ4n) is 4.83. The molecule has 0 radical (unpaired) electrons. The molecule has 0 bridgehead atoms. The van der Waals surface area contributed by atoms with Crippen LogP contribution in [0.2, 0.25) is 5.02 Å². The van der Waals surface area contributed by atoms with Gasteiger partial charge in [0, 0.05) is 21.7 Å². The molecule has 0 saturated heterocycles. The van der Waals surface area contributed by atoms with Crippen LogP contribution in [0.15, 0.2) is 54.6 Å². The Morgan fingerprint density at radius 1 is 1.20 bits per heavy atom. The number of pyridine rings is 1. The highest BCUT2D eigenvalue weighted by Crippen LogP contribution is 2.46. The standard InChI is InChI=1S/C28H26Cl2N2O2S/c1-16(17-6-4-3-5-7-17)31-27(33)19-10-13-21-23(14-19)35-28-25(21)24(26(30)22(15-29)32-28)18-8-11-20(34-2)12-9-18/h3-9,11-12,16,19H,10,13-15H2,1-2H3,(H,31,33)/t16-,19+/m1/s1. The van der Waals surface area contributed by atoms with E-state index >= 15 is 0 Å². The Labute approximate surface area is 219 Å². The van der Waals surface area contributed by atoms with Crippen LogP contribution in [0.1, 0.15) is 41.1 Å². The van der Waals surface area contributed by atoms with Crippen molar-refractivity contribution < 1.29 is 9.53 Å². The molecule has 1 aliphatic carbocycles. The summed E-state index contributed by atoms with van der Waals surface area (Å²) in [4.78, 5) is 20.1. The van der Waals surface area contributed by atoms with Gasteiger partial charge in [-0.2, -0.15) is 0 Å². The lowest BCUT2D eigenvalue weighted by molar-refractivity contribution is -0.126. The maximum atomic E-state index is 13.1. The fourth-order valence-corrected chi connectivity index (χ4v) is 6.73. The number of thiophene rings is 1. The first kappa shape index (κ1) is 24.1. The smallest absolute Gasteiger partial charge is 0.223 e. The molecule has 7 heteroatoms. The van der Waals surface area contributed by atoms with Gasteiger partial charge in [-0.05, 0) is 55.0 Å². The van der Waals surface area contributed by atoms with Crippen LogP contribution in [0, 0.1) is 5.92 Å². The molecule has 0 spiro atoms. The van der Waals surface area contributed by atoms with Gasteiger partial charge in [0.1, 0.15) is 10.6 Å². The van der Waals surface area contributed by atoms with Crippen molar-refractivity contribution in [2.24, 2.45) is 5.92 Å². The molecule has 2 heterocycles. The number of hydrogen-bond donors (Lipinski definition) is 1.